The lowest BCUT2D eigenvalue weighted by Gasteiger charge is -2.27. The molecule has 3 rings (SSSR count). The van der Waals surface area contributed by atoms with Gasteiger partial charge in [-0.2, -0.15) is 0 Å². The van der Waals surface area contributed by atoms with Gasteiger partial charge in [-0.3, -0.25) is 9.69 Å². The van der Waals surface area contributed by atoms with Crippen LogP contribution in [0.2, 0.25) is 0 Å². The molecule has 1 fully saturated rings. The Balaban J connectivity index is 1.63. The van der Waals surface area contributed by atoms with E-state index in [1.54, 1.807) is 19.0 Å². The van der Waals surface area contributed by atoms with E-state index < -0.39 is 0 Å². The first kappa shape index (κ1) is 23.8. The molecule has 0 aliphatic carbocycles. The molecule has 0 unspecified atom stereocenters. The zero-order valence-corrected chi connectivity index (χ0v) is 19.2. The van der Waals surface area contributed by atoms with Gasteiger partial charge in [0.15, 0.2) is 5.96 Å². The molecule has 1 heterocycles. The molecule has 0 saturated carbocycles. The highest BCUT2D eigenvalue weighted by Crippen LogP contribution is 2.14. The average Bonchev–Trinajstić information content (AvgIpc) is 2.82. The van der Waals surface area contributed by atoms with Gasteiger partial charge in [0.05, 0.1) is 26.3 Å². The Labute approximate surface area is 191 Å². The molecule has 0 bridgehead atoms. The topological polar surface area (TPSA) is 69.2 Å². The summed E-state index contributed by atoms with van der Waals surface area (Å²) in [5.41, 5.74) is 3.74. The number of likely N-dealkylation sites (N-methyl/N-ethyl adjacent to an activating group) is 1. The molecule has 0 radical (unpaired) electrons. The van der Waals surface area contributed by atoms with Crippen LogP contribution >= 0.6 is 0 Å². The average molecular weight is 438 g/mol. The van der Waals surface area contributed by atoms with Crippen LogP contribution in [0.5, 0.6) is 0 Å². The number of guanidine groups is 1. The second-order valence-electron chi connectivity index (χ2n) is 8.13. The minimum atomic E-state index is 0.00952. The Bertz CT molecular complexity index is 864. The number of hydrogen-bond acceptors (Lipinski definition) is 4. The number of morpholine rings is 1. The molecule has 2 aromatic rings. The van der Waals surface area contributed by atoms with Crippen molar-refractivity contribution in [1.82, 2.24) is 20.4 Å². The maximum absolute atomic E-state index is 12.1. The summed E-state index contributed by atoms with van der Waals surface area (Å²) in [6.45, 7) is 5.90. The van der Waals surface area contributed by atoms with Gasteiger partial charge in [0.25, 0.3) is 0 Å². The third kappa shape index (κ3) is 7.98. The molecular weight excluding hydrogens is 402 g/mol. The van der Waals surface area contributed by atoms with Crippen LogP contribution in [0.3, 0.4) is 0 Å². The van der Waals surface area contributed by atoms with Crippen molar-refractivity contribution in [2.45, 2.75) is 19.5 Å². The zero-order valence-electron chi connectivity index (χ0n) is 19.2. The highest BCUT2D eigenvalue weighted by atomic mass is 16.5. The van der Waals surface area contributed by atoms with Crippen LogP contribution < -0.4 is 10.6 Å². The first-order valence-electron chi connectivity index (χ1n) is 11.2. The van der Waals surface area contributed by atoms with Gasteiger partial charge in [-0.15, -0.1) is 0 Å². The van der Waals surface area contributed by atoms with Crippen molar-refractivity contribution in [1.29, 1.82) is 0 Å². The van der Waals surface area contributed by atoms with Crippen molar-refractivity contribution in [3.05, 3.63) is 71.3 Å². The summed E-state index contributed by atoms with van der Waals surface area (Å²) in [6.07, 6.45) is 0.886. The molecule has 0 aromatic heterocycles. The van der Waals surface area contributed by atoms with Gasteiger partial charge in [0.1, 0.15) is 0 Å². The van der Waals surface area contributed by atoms with E-state index in [2.05, 4.69) is 51.9 Å². The molecular formula is C25H35N5O2. The lowest BCUT2D eigenvalue weighted by molar-refractivity contribution is -0.127. The predicted octanol–water partition coefficient (Wildman–Crippen LogP) is 1.88. The Morgan fingerprint density at radius 1 is 1.00 bits per heavy atom. The fourth-order valence-corrected chi connectivity index (χ4v) is 3.49. The first-order valence-corrected chi connectivity index (χ1v) is 11.2. The third-order valence-corrected chi connectivity index (χ3v) is 5.48. The van der Waals surface area contributed by atoms with Crippen LogP contribution in [0.15, 0.2) is 59.6 Å². The van der Waals surface area contributed by atoms with E-state index in [0.29, 0.717) is 12.5 Å². The van der Waals surface area contributed by atoms with Crippen LogP contribution in [0.1, 0.15) is 16.7 Å². The van der Waals surface area contributed by atoms with Crippen LogP contribution in [-0.2, 0) is 29.0 Å². The van der Waals surface area contributed by atoms with Crippen LogP contribution in [-0.4, -0.2) is 75.2 Å². The van der Waals surface area contributed by atoms with Crippen molar-refractivity contribution in [3.8, 4) is 0 Å². The van der Waals surface area contributed by atoms with Crippen molar-refractivity contribution < 1.29 is 9.53 Å². The van der Waals surface area contributed by atoms with Gasteiger partial charge in [0.2, 0.25) is 5.91 Å². The van der Waals surface area contributed by atoms with Gasteiger partial charge in [0, 0.05) is 40.3 Å². The standard InChI is InChI=1S/C25H35N5O2/c1-29(2)24(31)19-28-25(26-13-12-21-8-4-3-5-9-21)27-18-22-10-6-7-11-23(22)20-30-14-16-32-17-15-30/h3-11H,12-20H2,1-2H3,(H2,26,27,28). The van der Waals surface area contributed by atoms with E-state index in [9.17, 15) is 4.79 Å². The predicted molar refractivity (Wildman–Crippen MR) is 129 cm³/mol. The highest BCUT2D eigenvalue weighted by Gasteiger charge is 2.13. The molecule has 1 aliphatic rings. The molecule has 32 heavy (non-hydrogen) atoms. The summed E-state index contributed by atoms with van der Waals surface area (Å²) in [5, 5.41) is 6.55. The van der Waals surface area contributed by atoms with E-state index in [4.69, 9.17) is 9.73 Å². The molecule has 7 nitrogen and oxygen atoms in total. The summed E-state index contributed by atoms with van der Waals surface area (Å²) in [6, 6.07) is 18.8. The normalized spacial score (nSPS) is 14.8. The Kier molecular flexibility index (Phi) is 9.53. The summed E-state index contributed by atoms with van der Waals surface area (Å²) in [5.74, 6) is 0.660. The number of aliphatic imine (C=N–C) groups is 1. The number of ether oxygens (including phenoxy) is 1. The second-order valence-corrected chi connectivity index (χ2v) is 8.13. The smallest absolute Gasteiger partial charge is 0.241 e. The molecule has 7 heteroatoms. The van der Waals surface area contributed by atoms with E-state index >= 15 is 0 Å². The van der Waals surface area contributed by atoms with Crippen molar-refractivity contribution >= 4 is 11.9 Å². The maximum Gasteiger partial charge on any atom is 0.241 e. The van der Waals surface area contributed by atoms with Crippen LogP contribution in [0, 0.1) is 0 Å². The molecule has 172 valence electrons. The SMILES string of the molecule is CN(C)C(=O)CNC(=NCc1ccccc1CN1CCOCC1)NCCc1ccccc1. The Hall–Kier alpha value is -2.90. The fraction of sp³-hybridized carbons (Fsp3) is 0.440. The summed E-state index contributed by atoms with van der Waals surface area (Å²) < 4.78 is 5.47. The van der Waals surface area contributed by atoms with E-state index in [-0.39, 0.29) is 12.5 Å². The minimum Gasteiger partial charge on any atom is -0.379 e. The molecule has 0 atom stereocenters. The maximum atomic E-state index is 12.1. The van der Waals surface area contributed by atoms with Gasteiger partial charge in [-0.1, -0.05) is 54.6 Å². The number of carbonyl (C=O) groups is 1. The van der Waals surface area contributed by atoms with Crippen molar-refractivity contribution in [3.63, 3.8) is 0 Å². The molecule has 2 N–H and O–H groups in total. The van der Waals surface area contributed by atoms with Gasteiger partial charge < -0.3 is 20.3 Å². The molecule has 1 aliphatic heterocycles. The quantitative estimate of drug-likeness (QED) is 0.463. The Morgan fingerprint density at radius 3 is 2.41 bits per heavy atom. The van der Waals surface area contributed by atoms with E-state index in [0.717, 1.165) is 45.8 Å². The molecule has 1 saturated heterocycles. The number of benzene rings is 2. The number of nitrogens with zero attached hydrogens (tertiary/aromatic N) is 3. The second kappa shape index (κ2) is 12.8. The number of nitrogens with one attached hydrogen (secondary N) is 2. The third-order valence-electron chi connectivity index (χ3n) is 5.48. The molecule has 2 aromatic carbocycles. The monoisotopic (exact) mass is 437 g/mol. The first-order chi connectivity index (χ1) is 15.6. The lowest BCUT2D eigenvalue weighted by atomic mass is 10.1. The Morgan fingerprint density at radius 2 is 1.69 bits per heavy atom. The van der Waals surface area contributed by atoms with Gasteiger partial charge in [-0.25, -0.2) is 4.99 Å². The lowest BCUT2D eigenvalue weighted by Crippen LogP contribution is -2.43. The molecule has 0 spiro atoms. The van der Waals surface area contributed by atoms with E-state index in [1.807, 2.05) is 18.2 Å². The number of hydrogen-bond donors (Lipinski definition) is 2. The van der Waals surface area contributed by atoms with Crippen LogP contribution in [0.4, 0.5) is 0 Å². The summed E-state index contributed by atoms with van der Waals surface area (Å²) in [7, 11) is 3.51. The van der Waals surface area contributed by atoms with Crippen LogP contribution in [0.25, 0.3) is 0 Å². The minimum absolute atomic E-state index is 0.00952. The van der Waals surface area contributed by atoms with Crippen molar-refractivity contribution in [2.75, 3.05) is 53.5 Å². The largest absolute Gasteiger partial charge is 0.379 e. The highest BCUT2D eigenvalue weighted by molar-refractivity contribution is 5.86. The fourth-order valence-electron chi connectivity index (χ4n) is 3.49. The van der Waals surface area contributed by atoms with Gasteiger partial charge >= 0.3 is 0 Å². The van der Waals surface area contributed by atoms with Crippen molar-refractivity contribution in [2.24, 2.45) is 4.99 Å². The number of carbonyl (C=O) groups excluding carboxylic acids is 1. The summed E-state index contributed by atoms with van der Waals surface area (Å²) in [4.78, 5) is 20.8. The number of amides is 1. The summed E-state index contributed by atoms with van der Waals surface area (Å²) >= 11 is 0. The molecule has 1 amide bonds. The zero-order chi connectivity index (χ0) is 22.6. The van der Waals surface area contributed by atoms with E-state index in [1.165, 1.54) is 16.7 Å². The number of rotatable bonds is 9. The van der Waals surface area contributed by atoms with Gasteiger partial charge in [-0.05, 0) is 23.1 Å².